The van der Waals surface area contributed by atoms with Crippen molar-refractivity contribution in [2.24, 2.45) is 5.73 Å². The van der Waals surface area contributed by atoms with Gasteiger partial charge >= 0.3 is 0 Å². The summed E-state index contributed by atoms with van der Waals surface area (Å²) in [6.45, 7) is 8.38. The van der Waals surface area contributed by atoms with Crippen LogP contribution in [0.25, 0.3) is 0 Å². The maximum absolute atomic E-state index is 11.0. The van der Waals surface area contributed by atoms with Crippen molar-refractivity contribution in [3.05, 3.63) is 35.9 Å². The minimum absolute atomic E-state index is 0.207. The third kappa shape index (κ3) is 4.29. The van der Waals surface area contributed by atoms with Crippen LogP contribution < -0.4 is 5.73 Å². The first-order valence-corrected chi connectivity index (χ1v) is 7.93. The van der Waals surface area contributed by atoms with Crippen molar-refractivity contribution in [3.8, 4) is 0 Å². The van der Waals surface area contributed by atoms with Gasteiger partial charge in [0.05, 0.1) is 0 Å². The van der Waals surface area contributed by atoms with Gasteiger partial charge in [-0.2, -0.15) is 0 Å². The van der Waals surface area contributed by atoms with Gasteiger partial charge in [0.15, 0.2) is 0 Å². The lowest BCUT2D eigenvalue weighted by Gasteiger charge is -2.29. The number of amides is 1. The van der Waals surface area contributed by atoms with Gasteiger partial charge in [0.2, 0.25) is 5.91 Å². The Morgan fingerprint density at radius 3 is 2.76 bits per heavy atom. The van der Waals surface area contributed by atoms with Gasteiger partial charge in [-0.05, 0) is 25.5 Å². The fraction of sp³-hybridized carbons (Fsp3) is 0.588. The van der Waals surface area contributed by atoms with Crippen LogP contribution >= 0.6 is 0 Å². The standard InChI is InChI=1S/C17H27N3O/c1-3-19(12-10-17(18)21)16-9-11-20(13-16)14(2)15-7-5-4-6-8-15/h4-8,14,16H,3,9-13H2,1-2H3,(H2,18,21)/t14-,16+/m0/s1. The molecule has 1 fully saturated rings. The smallest absolute Gasteiger partial charge is 0.218 e. The highest BCUT2D eigenvalue weighted by Gasteiger charge is 2.29. The van der Waals surface area contributed by atoms with Crippen LogP contribution in [0.1, 0.15) is 38.3 Å². The Kier molecular flexibility index (Phi) is 5.76. The summed E-state index contributed by atoms with van der Waals surface area (Å²) < 4.78 is 0. The third-order valence-corrected chi connectivity index (χ3v) is 4.59. The van der Waals surface area contributed by atoms with E-state index >= 15 is 0 Å². The third-order valence-electron chi connectivity index (χ3n) is 4.59. The second kappa shape index (κ2) is 7.57. The Bertz CT molecular complexity index is 449. The van der Waals surface area contributed by atoms with Crippen LogP contribution in [-0.4, -0.2) is 47.9 Å². The maximum Gasteiger partial charge on any atom is 0.218 e. The zero-order chi connectivity index (χ0) is 15.2. The highest BCUT2D eigenvalue weighted by molar-refractivity contribution is 5.73. The molecule has 0 aliphatic carbocycles. The number of nitrogens with two attached hydrogens (primary N) is 1. The van der Waals surface area contributed by atoms with E-state index in [1.807, 2.05) is 0 Å². The second-order valence-electron chi connectivity index (χ2n) is 5.87. The van der Waals surface area contributed by atoms with Crippen LogP contribution in [0, 0.1) is 0 Å². The van der Waals surface area contributed by atoms with Gasteiger partial charge in [0.25, 0.3) is 0 Å². The molecule has 1 aromatic carbocycles. The van der Waals surface area contributed by atoms with E-state index in [2.05, 4.69) is 54.0 Å². The van der Waals surface area contributed by atoms with E-state index in [1.165, 1.54) is 12.0 Å². The van der Waals surface area contributed by atoms with Crippen molar-refractivity contribution >= 4 is 5.91 Å². The van der Waals surface area contributed by atoms with Gasteiger partial charge in [-0.3, -0.25) is 14.6 Å². The summed E-state index contributed by atoms with van der Waals surface area (Å²) in [5.74, 6) is -0.207. The van der Waals surface area contributed by atoms with Crippen LogP contribution in [0.5, 0.6) is 0 Å². The molecular formula is C17H27N3O. The van der Waals surface area contributed by atoms with E-state index in [0.717, 1.165) is 26.2 Å². The minimum Gasteiger partial charge on any atom is -0.370 e. The highest BCUT2D eigenvalue weighted by Crippen LogP contribution is 2.26. The summed E-state index contributed by atoms with van der Waals surface area (Å²) in [5.41, 5.74) is 6.64. The summed E-state index contributed by atoms with van der Waals surface area (Å²) in [6.07, 6.45) is 1.63. The van der Waals surface area contributed by atoms with E-state index in [1.54, 1.807) is 0 Å². The van der Waals surface area contributed by atoms with E-state index in [4.69, 9.17) is 5.73 Å². The van der Waals surface area contributed by atoms with Crippen LogP contribution in [0.2, 0.25) is 0 Å². The molecule has 0 bridgehead atoms. The predicted molar refractivity (Wildman–Crippen MR) is 85.9 cm³/mol. The molecule has 0 unspecified atom stereocenters. The van der Waals surface area contributed by atoms with E-state index < -0.39 is 0 Å². The average molecular weight is 289 g/mol. The molecule has 116 valence electrons. The molecule has 1 amide bonds. The lowest BCUT2D eigenvalue weighted by atomic mass is 10.1. The molecule has 0 spiro atoms. The Morgan fingerprint density at radius 2 is 2.14 bits per heavy atom. The molecule has 2 atom stereocenters. The molecule has 0 aromatic heterocycles. The quantitative estimate of drug-likeness (QED) is 0.835. The van der Waals surface area contributed by atoms with Gasteiger partial charge in [-0.25, -0.2) is 0 Å². The molecule has 1 aliphatic rings. The van der Waals surface area contributed by atoms with Crippen molar-refractivity contribution in [2.45, 2.75) is 38.8 Å². The number of likely N-dealkylation sites (tertiary alicyclic amines) is 1. The van der Waals surface area contributed by atoms with Crippen molar-refractivity contribution in [3.63, 3.8) is 0 Å². The van der Waals surface area contributed by atoms with Crippen LogP contribution in [0.4, 0.5) is 0 Å². The van der Waals surface area contributed by atoms with E-state index in [9.17, 15) is 4.79 Å². The number of likely N-dealkylation sites (N-methyl/N-ethyl adjacent to an activating group) is 1. The lowest BCUT2D eigenvalue weighted by molar-refractivity contribution is -0.118. The molecule has 21 heavy (non-hydrogen) atoms. The average Bonchev–Trinajstić information content (AvgIpc) is 2.97. The molecule has 1 aromatic rings. The SMILES string of the molecule is CCN(CCC(N)=O)[C@@H]1CCN([C@@H](C)c2ccccc2)C1. The molecular weight excluding hydrogens is 262 g/mol. The lowest BCUT2D eigenvalue weighted by Crippen LogP contribution is -2.39. The predicted octanol–water partition coefficient (Wildman–Crippen LogP) is 2.02. The number of carbonyl (C=O) groups is 1. The van der Waals surface area contributed by atoms with Crippen molar-refractivity contribution in [1.29, 1.82) is 0 Å². The topological polar surface area (TPSA) is 49.6 Å². The summed E-state index contributed by atoms with van der Waals surface area (Å²) in [5, 5.41) is 0. The van der Waals surface area contributed by atoms with Crippen LogP contribution in [0.3, 0.4) is 0 Å². The fourth-order valence-corrected chi connectivity index (χ4v) is 3.21. The number of benzene rings is 1. The number of carbonyl (C=O) groups excluding carboxylic acids is 1. The van der Waals surface area contributed by atoms with Crippen molar-refractivity contribution < 1.29 is 4.79 Å². The molecule has 1 heterocycles. The molecule has 1 aliphatic heterocycles. The van der Waals surface area contributed by atoms with E-state index in [0.29, 0.717) is 18.5 Å². The fourth-order valence-electron chi connectivity index (χ4n) is 3.21. The molecule has 4 heteroatoms. The summed E-state index contributed by atoms with van der Waals surface area (Å²) in [7, 11) is 0. The number of hydrogen-bond donors (Lipinski definition) is 1. The number of hydrogen-bond acceptors (Lipinski definition) is 3. The first kappa shape index (κ1) is 16.0. The van der Waals surface area contributed by atoms with Crippen LogP contribution in [0.15, 0.2) is 30.3 Å². The molecule has 4 nitrogen and oxygen atoms in total. The van der Waals surface area contributed by atoms with Crippen molar-refractivity contribution in [2.75, 3.05) is 26.2 Å². The first-order chi connectivity index (χ1) is 10.1. The van der Waals surface area contributed by atoms with Gasteiger partial charge in [0, 0.05) is 38.1 Å². The first-order valence-electron chi connectivity index (χ1n) is 7.93. The summed E-state index contributed by atoms with van der Waals surface area (Å²) >= 11 is 0. The van der Waals surface area contributed by atoms with Crippen molar-refractivity contribution in [1.82, 2.24) is 9.80 Å². The second-order valence-corrected chi connectivity index (χ2v) is 5.87. The zero-order valence-corrected chi connectivity index (χ0v) is 13.2. The Morgan fingerprint density at radius 1 is 1.43 bits per heavy atom. The molecule has 2 rings (SSSR count). The Hall–Kier alpha value is -1.39. The monoisotopic (exact) mass is 289 g/mol. The van der Waals surface area contributed by atoms with Gasteiger partial charge < -0.3 is 5.73 Å². The summed E-state index contributed by atoms with van der Waals surface area (Å²) in [4.78, 5) is 15.9. The van der Waals surface area contributed by atoms with Gasteiger partial charge in [-0.15, -0.1) is 0 Å². The summed E-state index contributed by atoms with van der Waals surface area (Å²) in [6, 6.07) is 11.7. The molecule has 2 N–H and O–H groups in total. The maximum atomic E-state index is 11.0. The number of nitrogens with zero attached hydrogens (tertiary/aromatic N) is 2. The van der Waals surface area contributed by atoms with E-state index in [-0.39, 0.29) is 5.91 Å². The largest absolute Gasteiger partial charge is 0.370 e. The zero-order valence-electron chi connectivity index (χ0n) is 13.2. The minimum atomic E-state index is -0.207. The number of rotatable bonds is 7. The van der Waals surface area contributed by atoms with Gasteiger partial charge in [0.1, 0.15) is 0 Å². The molecule has 1 saturated heterocycles. The molecule has 0 saturated carbocycles. The number of primary amides is 1. The molecule has 0 radical (unpaired) electrons. The van der Waals surface area contributed by atoms with Gasteiger partial charge in [-0.1, -0.05) is 37.3 Å². The Balaban J connectivity index is 1.91. The normalized spacial score (nSPS) is 20.8. The van der Waals surface area contributed by atoms with Crippen LogP contribution in [-0.2, 0) is 4.79 Å². The Labute approximate surface area is 127 Å². The highest BCUT2D eigenvalue weighted by atomic mass is 16.1.